The molecule has 0 atom stereocenters. The Morgan fingerprint density at radius 1 is 1.27 bits per heavy atom. The third-order valence-electron chi connectivity index (χ3n) is 4.22. The molecule has 3 rings (SSSR count). The molecule has 0 saturated carbocycles. The van der Waals surface area contributed by atoms with E-state index >= 15 is 0 Å². The van der Waals surface area contributed by atoms with Crippen LogP contribution in [0.2, 0.25) is 0 Å². The highest BCUT2D eigenvalue weighted by Crippen LogP contribution is 2.19. The number of aromatic nitrogens is 2. The SMILES string of the molecule is CC(C)CCN1CCc2c(nc(-c3ccccc3)[nH]c2=O)C1. The second kappa shape index (κ2) is 6.44. The van der Waals surface area contributed by atoms with Gasteiger partial charge in [0.05, 0.1) is 5.69 Å². The van der Waals surface area contributed by atoms with Gasteiger partial charge in [0.2, 0.25) is 0 Å². The fourth-order valence-electron chi connectivity index (χ4n) is 2.86. The molecule has 4 heteroatoms. The fraction of sp³-hybridized carbons (Fsp3) is 0.444. The van der Waals surface area contributed by atoms with Gasteiger partial charge >= 0.3 is 0 Å². The van der Waals surface area contributed by atoms with Crippen LogP contribution in [0.5, 0.6) is 0 Å². The van der Waals surface area contributed by atoms with Crippen molar-refractivity contribution in [2.24, 2.45) is 5.92 Å². The normalized spacial score (nSPS) is 15.0. The van der Waals surface area contributed by atoms with E-state index in [4.69, 9.17) is 4.98 Å². The van der Waals surface area contributed by atoms with Crippen LogP contribution in [0.1, 0.15) is 31.5 Å². The summed E-state index contributed by atoms with van der Waals surface area (Å²) in [6, 6.07) is 9.84. The number of nitrogens with zero attached hydrogens (tertiary/aromatic N) is 2. The summed E-state index contributed by atoms with van der Waals surface area (Å²) in [7, 11) is 0. The lowest BCUT2D eigenvalue weighted by Crippen LogP contribution is -2.36. The lowest BCUT2D eigenvalue weighted by molar-refractivity contribution is 0.235. The topological polar surface area (TPSA) is 49.0 Å². The Balaban J connectivity index is 1.86. The van der Waals surface area contributed by atoms with Crippen LogP contribution in [-0.4, -0.2) is 28.0 Å². The van der Waals surface area contributed by atoms with Crippen molar-refractivity contribution in [2.45, 2.75) is 33.2 Å². The van der Waals surface area contributed by atoms with Crippen LogP contribution >= 0.6 is 0 Å². The van der Waals surface area contributed by atoms with Gasteiger partial charge in [-0.15, -0.1) is 0 Å². The number of hydrogen-bond acceptors (Lipinski definition) is 3. The van der Waals surface area contributed by atoms with Crippen LogP contribution in [-0.2, 0) is 13.0 Å². The monoisotopic (exact) mass is 297 g/mol. The van der Waals surface area contributed by atoms with Gasteiger partial charge in [-0.25, -0.2) is 4.98 Å². The van der Waals surface area contributed by atoms with Crippen LogP contribution < -0.4 is 5.56 Å². The summed E-state index contributed by atoms with van der Waals surface area (Å²) in [5.41, 5.74) is 2.78. The van der Waals surface area contributed by atoms with Crippen molar-refractivity contribution in [1.29, 1.82) is 0 Å². The van der Waals surface area contributed by atoms with Gasteiger partial charge in [0.15, 0.2) is 0 Å². The predicted molar refractivity (Wildman–Crippen MR) is 88.7 cm³/mol. The molecule has 2 aromatic rings. The quantitative estimate of drug-likeness (QED) is 0.944. The summed E-state index contributed by atoms with van der Waals surface area (Å²) < 4.78 is 0. The van der Waals surface area contributed by atoms with Crippen LogP contribution in [0.3, 0.4) is 0 Å². The van der Waals surface area contributed by atoms with E-state index in [0.717, 1.165) is 42.9 Å². The van der Waals surface area contributed by atoms with Gasteiger partial charge in [0.25, 0.3) is 5.56 Å². The zero-order chi connectivity index (χ0) is 15.5. The zero-order valence-corrected chi connectivity index (χ0v) is 13.3. The molecule has 0 aliphatic carbocycles. The molecule has 1 aromatic heterocycles. The molecule has 1 aromatic carbocycles. The van der Waals surface area contributed by atoms with Gasteiger partial charge in [-0.2, -0.15) is 0 Å². The summed E-state index contributed by atoms with van der Waals surface area (Å²) in [5, 5.41) is 0. The van der Waals surface area contributed by atoms with E-state index in [0.29, 0.717) is 11.7 Å². The van der Waals surface area contributed by atoms with E-state index in [1.165, 1.54) is 6.42 Å². The highest BCUT2D eigenvalue weighted by molar-refractivity contribution is 5.54. The molecule has 0 amide bonds. The predicted octanol–water partition coefficient (Wildman–Crippen LogP) is 2.84. The number of rotatable bonds is 4. The lowest BCUT2D eigenvalue weighted by atomic mass is 10.0. The van der Waals surface area contributed by atoms with E-state index in [-0.39, 0.29) is 5.56 Å². The minimum atomic E-state index is 0.0207. The van der Waals surface area contributed by atoms with Gasteiger partial charge in [0, 0.05) is 24.2 Å². The fourth-order valence-corrected chi connectivity index (χ4v) is 2.86. The van der Waals surface area contributed by atoms with E-state index in [2.05, 4.69) is 23.7 Å². The summed E-state index contributed by atoms with van der Waals surface area (Å²) in [6.07, 6.45) is 1.98. The first kappa shape index (κ1) is 15.0. The third-order valence-corrected chi connectivity index (χ3v) is 4.22. The number of fused-ring (bicyclic) bond motifs is 1. The van der Waals surface area contributed by atoms with Crippen molar-refractivity contribution in [3.05, 3.63) is 51.9 Å². The molecule has 0 radical (unpaired) electrons. The second-order valence-electron chi connectivity index (χ2n) is 6.41. The maximum atomic E-state index is 12.3. The van der Waals surface area contributed by atoms with Crippen LogP contribution in [0.15, 0.2) is 35.1 Å². The standard InChI is InChI=1S/C18H23N3O/c1-13(2)8-10-21-11-9-15-16(12-21)19-17(20-18(15)22)14-6-4-3-5-7-14/h3-7,13H,8-12H2,1-2H3,(H,19,20,22). The number of H-pyrrole nitrogens is 1. The molecular formula is C18H23N3O. The summed E-state index contributed by atoms with van der Waals surface area (Å²) in [4.78, 5) is 22.4. The van der Waals surface area contributed by atoms with E-state index in [9.17, 15) is 4.79 Å². The zero-order valence-electron chi connectivity index (χ0n) is 13.3. The number of nitrogens with one attached hydrogen (secondary N) is 1. The average Bonchev–Trinajstić information content (AvgIpc) is 2.53. The molecule has 116 valence electrons. The Morgan fingerprint density at radius 3 is 2.77 bits per heavy atom. The van der Waals surface area contributed by atoms with Crippen molar-refractivity contribution in [1.82, 2.24) is 14.9 Å². The molecule has 0 unspecified atom stereocenters. The first-order chi connectivity index (χ1) is 10.6. The first-order valence-corrected chi connectivity index (χ1v) is 8.03. The van der Waals surface area contributed by atoms with Crippen molar-refractivity contribution < 1.29 is 0 Å². The summed E-state index contributed by atoms with van der Waals surface area (Å²) in [5.74, 6) is 1.38. The molecule has 2 heterocycles. The van der Waals surface area contributed by atoms with Gasteiger partial charge in [-0.3, -0.25) is 9.69 Å². The highest BCUT2D eigenvalue weighted by Gasteiger charge is 2.21. The molecular weight excluding hydrogens is 274 g/mol. The van der Waals surface area contributed by atoms with E-state index in [1.807, 2.05) is 30.3 Å². The van der Waals surface area contributed by atoms with Crippen LogP contribution in [0.25, 0.3) is 11.4 Å². The van der Waals surface area contributed by atoms with Gasteiger partial charge in [-0.05, 0) is 25.3 Å². The van der Waals surface area contributed by atoms with Gasteiger partial charge in [-0.1, -0.05) is 44.2 Å². The van der Waals surface area contributed by atoms with E-state index < -0.39 is 0 Å². The van der Waals surface area contributed by atoms with Gasteiger partial charge < -0.3 is 4.98 Å². The largest absolute Gasteiger partial charge is 0.306 e. The maximum Gasteiger partial charge on any atom is 0.254 e. The maximum absolute atomic E-state index is 12.3. The summed E-state index contributed by atoms with van der Waals surface area (Å²) in [6.45, 7) is 7.30. The van der Waals surface area contributed by atoms with Crippen molar-refractivity contribution in [3.8, 4) is 11.4 Å². The Hall–Kier alpha value is -1.94. The lowest BCUT2D eigenvalue weighted by Gasteiger charge is -2.28. The first-order valence-electron chi connectivity index (χ1n) is 8.03. The smallest absolute Gasteiger partial charge is 0.254 e. The number of benzene rings is 1. The average molecular weight is 297 g/mol. The highest BCUT2D eigenvalue weighted by atomic mass is 16.1. The number of hydrogen-bond donors (Lipinski definition) is 1. The van der Waals surface area contributed by atoms with Crippen molar-refractivity contribution >= 4 is 0 Å². The third kappa shape index (κ3) is 3.28. The van der Waals surface area contributed by atoms with Gasteiger partial charge in [0.1, 0.15) is 5.82 Å². The Morgan fingerprint density at radius 2 is 2.05 bits per heavy atom. The molecule has 4 nitrogen and oxygen atoms in total. The van der Waals surface area contributed by atoms with E-state index in [1.54, 1.807) is 0 Å². The second-order valence-corrected chi connectivity index (χ2v) is 6.41. The molecule has 0 saturated heterocycles. The molecule has 1 aliphatic rings. The summed E-state index contributed by atoms with van der Waals surface area (Å²) >= 11 is 0. The van der Waals surface area contributed by atoms with Crippen LogP contribution in [0, 0.1) is 5.92 Å². The minimum absolute atomic E-state index is 0.0207. The van der Waals surface area contributed by atoms with Crippen molar-refractivity contribution in [2.75, 3.05) is 13.1 Å². The number of aromatic amines is 1. The molecule has 0 bridgehead atoms. The van der Waals surface area contributed by atoms with Crippen LogP contribution in [0.4, 0.5) is 0 Å². The minimum Gasteiger partial charge on any atom is -0.306 e. The molecule has 1 aliphatic heterocycles. The Bertz CT molecular complexity index is 691. The van der Waals surface area contributed by atoms with Crippen molar-refractivity contribution in [3.63, 3.8) is 0 Å². The molecule has 22 heavy (non-hydrogen) atoms. The molecule has 0 spiro atoms. The Kier molecular flexibility index (Phi) is 4.39. The molecule has 0 fully saturated rings. The molecule has 1 N–H and O–H groups in total. The Labute approximate surface area is 131 Å².